The summed E-state index contributed by atoms with van der Waals surface area (Å²) in [4.78, 5) is 1.50. The monoisotopic (exact) mass is 252 g/mol. The van der Waals surface area contributed by atoms with Gasteiger partial charge in [-0.05, 0) is 31.8 Å². The predicted octanol–water partition coefficient (Wildman–Crippen LogP) is 1.25. The van der Waals surface area contributed by atoms with Crippen molar-refractivity contribution in [1.82, 2.24) is 10.2 Å². The predicted molar refractivity (Wildman–Crippen MR) is 57.8 cm³/mol. The second-order valence-electron chi connectivity index (χ2n) is 4.97. The molecule has 0 aromatic rings. The Morgan fingerprint density at radius 2 is 2.12 bits per heavy atom. The van der Waals surface area contributed by atoms with Crippen LogP contribution in [0.1, 0.15) is 12.8 Å². The minimum atomic E-state index is -4.07. The zero-order valence-electron chi connectivity index (χ0n) is 9.80. The van der Waals surface area contributed by atoms with Gasteiger partial charge in [0.05, 0.1) is 13.2 Å². The maximum Gasteiger partial charge on any atom is 0.401 e. The van der Waals surface area contributed by atoms with E-state index in [1.165, 1.54) is 4.90 Å². The fraction of sp³-hybridized carbons (Fsp3) is 1.00. The molecule has 2 aliphatic rings. The quantitative estimate of drug-likeness (QED) is 0.815. The van der Waals surface area contributed by atoms with E-state index in [9.17, 15) is 13.2 Å². The molecule has 100 valence electrons. The third-order valence-electron chi connectivity index (χ3n) is 3.40. The maximum atomic E-state index is 12.2. The van der Waals surface area contributed by atoms with Gasteiger partial charge in [0.2, 0.25) is 0 Å². The van der Waals surface area contributed by atoms with Gasteiger partial charge in [-0.3, -0.25) is 4.90 Å². The van der Waals surface area contributed by atoms with Crippen LogP contribution in [-0.2, 0) is 4.74 Å². The number of ether oxygens (including phenoxy) is 1. The van der Waals surface area contributed by atoms with Gasteiger partial charge in [0.15, 0.2) is 0 Å². The lowest BCUT2D eigenvalue weighted by Gasteiger charge is -2.18. The SMILES string of the molecule is FC(F)(F)CN1CCC(CNC2CCOC2)C1. The van der Waals surface area contributed by atoms with Crippen LogP contribution in [0.3, 0.4) is 0 Å². The smallest absolute Gasteiger partial charge is 0.380 e. The van der Waals surface area contributed by atoms with Crippen LogP contribution in [0, 0.1) is 5.92 Å². The highest BCUT2D eigenvalue weighted by Gasteiger charge is 2.34. The first-order valence-electron chi connectivity index (χ1n) is 6.13. The second-order valence-corrected chi connectivity index (χ2v) is 4.97. The largest absolute Gasteiger partial charge is 0.401 e. The molecule has 0 aromatic carbocycles. The van der Waals surface area contributed by atoms with Crippen molar-refractivity contribution in [3.63, 3.8) is 0 Å². The molecule has 17 heavy (non-hydrogen) atoms. The normalized spacial score (nSPS) is 31.2. The summed E-state index contributed by atoms with van der Waals surface area (Å²) in [6.07, 6.45) is -2.20. The Bertz CT molecular complexity index is 241. The van der Waals surface area contributed by atoms with Crippen molar-refractivity contribution < 1.29 is 17.9 Å². The van der Waals surface area contributed by atoms with E-state index in [0.29, 0.717) is 25.0 Å². The van der Waals surface area contributed by atoms with Crippen molar-refractivity contribution in [2.75, 3.05) is 39.4 Å². The summed E-state index contributed by atoms with van der Waals surface area (Å²) < 4.78 is 41.8. The summed E-state index contributed by atoms with van der Waals surface area (Å²) in [5.41, 5.74) is 0. The van der Waals surface area contributed by atoms with Gasteiger partial charge in [-0.1, -0.05) is 0 Å². The van der Waals surface area contributed by atoms with Crippen LogP contribution in [0.4, 0.5) is 13.2 Å². The minimum absolute atomic E-state index is 0.345. The molecule has 2 fully saturated rings. The second kappa shape index (κ2) is 5.54. The molecule has 2 heterocycles. The standard InChI is InChI=1S/C11H19F3N2O/c12-11(13,14)8-16-3-1-9(6-16)5-15-10-2-4-17-7-10/h9-10,15H,1-8H2. The molecule has 2 atom stereocenters. The van der Waals surface area contributed by atoms with Crippen molar-refractivity contribution in [3.8, 4) is 0 Å². The lowest BCUT2D eigenvalue weighted by Crippen LogP contribution is -2.36. The van der Waals surface area contributed by atoms with E-state index in [1.807, 2.05) is 0 Å². The molecular weight excluding hydrogens is 233 g/mol. The van der Waals surface area contributed by atoms with E-state index in [4.69, 9.17) is 4.74 Å². The lowest BCUT2D eigenvalue weighted by atomic mass is 10.1. The molecule has 2 rings (SSSR count). The third-order valence-corrected chi connectivity index (χ3v) is 3.40. The average molecular weight is 252 g/mol. The summed E-state index contributed by atoms with van der Waals surface area (Å²) in [6.45, 7) is 2.69. The lowest BCUT2D eigenvalue weighted by molar-refractivity contribution is -0.143. The van der Waals surface area contributed by atoms with E-state index in [2.05, 4.69) is 5.32 Å². The zero-order valence-corrected chi connectivity index (χ0v) is 9.80. The molecule has 0 aromatic heterocycles. The first-order valence-corrected chi connectivity index (χ1v) is 6.13. The summed E-state index contributed by atoms with van der Waals surface area (Å²) >= 11 is 0. The zero-order chi connectivity index (χ0) is 12.3. The number of hydrogen-bond acceptors (Lipinski definition) is 3. The van der Waals surface area contributed by atoms with Crippen LogP contribution in [0.15, 0.2) is 0 Å². The first kappa shape index (κ1) is 13.1. The van der Waals surface area contributed by atoms with Gasteiger partial charge in [-0.25, -0.2) is 0 Å². The van der Waals surface area contributed by atoms with Gasteiger partial charge >= 0.3 is 6.18 Å². The molecule has 2 saturated heterocycles. The van der Waals surface area contributed by atoms with E-state index in [-0.39, 0.29) is 0 Å². The fourth-order valence-electron chi connectivity index (χ4n) is 2.51. The van der Waals surface area contributed by atoms with Crippen LogP contribution >= 0.6 is 0 Å². The Labute approximate surface area is 99.3 Å². The van der Waals surface area contributed by atoms with Crippen molar-refractivity contribution in [3.05, 3.63) is 0 Å². The van der Waals surface area contributed by atoms with Gasteiger partial charge in [0.1, 0.15) is 0 Å². The van der Waals surface area contributed by atoms with Gasteiger partial charge in [0.25, 0.3) is 0 Å². The molecule has 0 amide bonds. The van der Waals surface area contributed by atoms with E-state index < -0.39 is 12.7 Å². The molecular formula is C11H19F3N2O. The van der Waals surface area contributed by atoms with Gasteiger partial charge in [-0.15, -0.1) is 0 Å². The molecule has 2 unspecified atom stereocenters. The Hall–Kier alpha value is -0.330. The summed E-state index contributed by atoms with van der Waals surface area (Å²) in [6, 6.07) is 0.395. The van der Waals surface area contributed by atoms with E-state index in [0.717, 1.165) is 32.6 Å². The van der Waals surface area contributed by atoms with Crippen LogP contribution in [0.25, 0.3) is 0 Å². The van der Waals surface area contributed by atoms with Crippen molar-refractivity contribution in [2.24, 2.45) is 5.92 Å². The average Bonchev–Trinajstić information content (AvgIpc) is 2.82. The molecule has 1 N–H and O–H groups in total. The van der Waals surface area contributed by atoms with E-state index in [1.54, 1.807) is 0 Å². The van der Waals surface area contributed by atoms with Crippen LogP contribution in [0.2, 0.25) is 0 Å². The van der Waals surface area contributed by atoms with E-state index >= 15 is 0 Å². The highest BCUT2D eigenvalue weighted by atomic mass is 19.4. The molecule has 3 nitrogen and oxygen atoms in total. The molecule has 6 heteroatoms. The third kappa shape index (κ3) is 4.44. The topological polar surface area (TPSA) is 24.5 Å². The number of halogens is 3. The Morgan fingerprint density at radius 1 is 1.29 bits per heavy atom. The minimum Gasteiger partial charge on any atom is -0.380 e. The molecule has 0 saturated carbocycles. The van der Waals surface area contributed by atoms with Crippen LogP contribution in [0.5, 0.6) is 0 Å². The van der Waals surface area contributed by atoms with Crippen LogP contribution in [-0.4, -0.2) is 56.5 Å². The number of likely N-dealkylation sites (tertiary alicyclic amines) is 1. The first-order chi connectivity index (χ1) is 8.03. The number of hydrogen-bond donors (Lipinski definition) is 1. The fourth-order valence-corrected chi connectivity index (χ4v) is 2.51. The Balaban J connectivity index is 1.63. The maximum absolute atomic E-state index is 12.2. The molecule has 2 aliphatic heterocycles. The number of alkyl halides is 3. The van der Waals surface area contributed by atoms with Crippen molar-refractivity contribution >= 4 is 0 Å². The van der Waals surface area contributed by atoms with Crippen molar-refractivity contribution in [2.45, 2.75) is 25.1 Å². The molecule has 0 aliphatic carbocycles. The molecule has 0 spiro atoms. The van der Waals surface area contributed by atoms with Gasteiger partial charge in [-0.2, -0.15) is 13.2 Å². The van der Waals surface area contributed by atoms with Gasteiger partial charge < -0.3 is 10.1 Å². The highest BCUT2D eigenvalue weighted by Crippen LogP contribution is 2.22. The Kier molecular flexibility index (Phi) is 4.27. The molecule has 0 radical (unpaired) electrons. The summed E-state index contributed by atoms with van der Waals surface area (Å²) in [5.74, 6) is 0.345. The van der Waals surface area contributed by atoms with Gasteiger partial charge in [0, 0.05) is 19.2 Å². The molecule has 0 bridgehead atoms. The number of rotatable bonds is 4. The highest BCUT2D eigenvalue weighted by molar-refractivity contribution is 4.81. The summed E-state index contributed by atoms with van der Waals surface area (Å²) in [5, 5.41) is 3.37. The summed E-state index contributed by atoms with van der Waals surface area (Å²) in [7, 11) is 0. The number of nitrogens with zero attached hydrogens (tertiary/aromatic N) is 1. The Morgan fingerprint density at radius 3 is 2.76 bits per heavy atom. The number of nitrogens with one attached hydrogen (secondary N) is 1. The van der Waals surface area contributed by atoms with Crippen LogP contribution < -0.4 is 5.32 Å². The van der Waals surface area contributed by atoms with Crippen molar-refractivity contribution in [1.29, 1.82) is 0 Å².